The molecule has 0 aliphatic carbocycles. The molecule has 0 atom stereocenters. The van der Waals surface area contributed by atoms with E-state index in [2.05, 4.69) is 54.8 Å². The number of benzene rings is 3. The van der Waals surface area contributed by atoms with Gasteiger partial charge in [-0.05, 0) is 73.4 Å². The van der Waals surface area contributed by atoms with Crippen LogP contribution in [-0.2, 0) is 12.1 Å². The predicted molar refractivity (Wildman–Crippen MR) is 174 cm³/mol. The summed E-state index contributed by atoms with van der Waals surface area (Å²) in [4.78, 5) is 27.7. The summed E-state index contributed by atoms with van der Waals surface area (Å²) < 4.78 is 29.8. The summed E-state index contributed by atoms with van der Waals surface area (Å²) in [7, 11) is 0. The van der Waals surface area contributed by atoms with Crippen LogP contribution in [0, 0.1) is 18.6 Å². The molecule has 4 N–H and O–H groups in total. The molecule has 1 amide bonds. The third-order valence-corrected chi connectivity index (χ3v) is 8.10. The maximum absolute atomic E-state index is 15.0. The van der Waals surface area contributed by atoms with Crippen LogP contribution >= 0.6 is 12.4 Å². The second kappa shape index (κ2) is 13.0. The molecule has 11 heteroatoms. The van der Waals surface area contributed by atoms with Crippen molar-refractivity contribution in [1.29, 1.82) is 0 Å². The van der Waals surface area contributed by atoms with Gasteiger partial charge in [0.1, 0.15) is 23.6 Å². The Labute approximate surface area is 266 Å². The average molecular weight is 633 g/mol. The number of hydrogen-bond donors (Lipinski definition) is 4. The van der Waals surface area contributed by atoms with Gasteiger partial charge in [-0.3, -0.25) is 9.69 Å². The van der Waals surface area contributed by atoms with Gasteiger partial charge in [-0.1, -0.05) is 30.3 Å². The van der Waals surface area contributed by atoms with Gasteiger partial charge in [0.25, 0.3) is 5.91 Å². The topological polar surface area (TPSA) is 106 Å². The van der Waals surface area contributed by atoms with Crippen LogP contribution < -0.4 is 10.6 Å². The number of aromatic amines is 1. The van der Waals surface area contributed by atoms with Crippen molar-refractivity contribution in [3.63, 3.8) is 0 Å². The highest BCUT2D eigenvalue weighted by Crippen LogP contribution is 2.35. The average Bonchev–Trinajstić information content (AvgIpc) is 3.44. The van der Waals surface area contributed by atoms with Crippen LogP contribution in [0.3, 0.4) is 0 Å². The second-order valence-electron chi connectivity index (χ2n) is 11.7. The largest absolute Gasteiger partial charge is 0.386 e. The molecule has 1 fully saturated rings. The van der Waals surface area contributed by atoms with Gasteiger partial charge in [0.05, 0.1) is 16.9 Å². The van der Waals surface area contributed by atoms with Crippen LogP contribution in [0.5, 0.6) is 0 Å². The summed E-state index contributed by atoms with van der Waals surface area (Å²) in [6, 6.07) is 16.8. The summed E-state index contributed by atoms with van der Waals surface area (Å²) in [5.41, 5.74) is 4.25. The Morgan fingerprint density at radius 2 is 1.76 bits per heavy atom. The molecule has 0 bridgehead atoms. The molecule has 45 heavy (non-hydrogen) atoms. The van der Waals surface area contributed by atoms with Crippen LogP contribution in [-0.4, -0.2) is 57.0 Å². The third-order valence-electron chi connectivity index (χ3n) is 8.10. The maximum Gasteiger partial charge on any atom is 0.258 e. The van der Waals surface area contributed by atoms with Crippen molar-refractivity contribution in [1.82, 2.24) is 25.2 Å². The number of hydrogen-bond acceptors (Lipinski definition) is 6. The standard InChI is InChI=1S/C34H34F2N6O2.ClH/c1-20-26(15-24(35)16-29(20)41-33(43)25-9-8-23(14-28(25)36)34(2,3)44)31-27-17-30(40-32(27)39-19-38-31)22-6-4-21(5-7-22)18-42-12-10-37-11-13-42;/h4-9,14-17,19,37,44H,10-13,18H2,1-3H3,(H,41,43)(H,38,39,40);1H. The first-order chi connectivity index (χ1) is 21.1. The summed E-state index contributed by atoms with van der Waals surface area (Å²) in [5.74, 6) is -2.10. The van der Waals surface area contributed by atoms with Crippen LogP contribution in [0.15, 0.2) is 67.0 Å². The van der Waals surface area contributed by atoms with E-state index < -0.39 is 23.1 Å². The zero-order valence-electron chi connectivity index (χ0n) is 25.2. The van der Waals surface area contributed by atoms with Crippen molar-refractivity contribution >= 4 is 35.0 Å². The van der Waals surface area contributed by atoms with Gasteiger partial charge in [-0.25, -0.2) is 18.7 Å². The quantitative estimate of drug-likeness (QED) is 0.171. The fourth-order valence-electron chi connectivity index (χ4n) is 5.55. The number of nitrogens with one attached hydrogen (secondary N) is 3. The van der Waals surface area contributed by atoms with Gasteiger partial charge in [0.2, 0.25) is 0 Å². The molecule has 0 unspecified atom stereocenters. The summed E-state index contributed by atoms with van der Waals surface area (Å²) in [6.45, 7) is 9.78. The minimum Gasteiger partial charge on any atom is -0.386 e. The van der Waals surface area contributed by atoms with E-state index in [1.807, 2.05) is 6.07 Å². The number of rotatable bonds is 7. The van der Waals surface area contributed by atoms with Crippen LogP contribution in [0.4, 0.5) is 14.5 Å². The molecule has 1 aliphatic rings. The number of aromatic nitrogens is 3. The van der Waals surface area contributed by atoms with Crippen molar-refractivity contribution in [2.24, 2.45) is 0 Å². The van der Waals surface area contributed by atoms with Crippen LogP contribution in [0.25, 0.3) is 33.5 Å². The molecule has 3 heterocycles. The molecule has 234 valence electrons. The van der Waals surface area contributed by atoms with Gasteiger partial charge < -0.3 is 20.7 Å². The molecule has 3 aromatic carbocycles. The first-order valence-electron chi connectivity index (χ1n) is 14.6. The number of aliphatic hydroxyl groups is 1. The van der Waals surface area contributed by atoms with E-state index in [0.717, 1.165) is 50.0 Å². The third kappa shape index (κ3) is 6.89. The lowest BCUT2D eigenvalue weighted by Gasteiger charge is -2.27. The lowest BCUT2D eigenvalue weighted by atomic mass is 9.96. The zero-order chi connectivity index (χ0) is 31.0. The van der Waals surface area contributed by atoms with Gasteiger partial charge in [0, 0.05) is 55.1 Å². The van der Waals surface area contributed by atoms with Gasteiger partial charge >= 0.3 is 0 Å². The smallest absolute Gasteiger partial charge is 0.258 e. The Kier molecular flexibility index (Phi) is 9.31. The predicted octanol–water partition coefficient (Wildman–Crippen LogP) is 6.19. The number of piperazine rings is 1. The van der Waals surface area contributed by atoms with E-state index in [1.165, 1.54) is 50.0 Å². The number of fused-ring (bicyclic) bond motifs is 1. The van der Waals surface area contributed by atoms with Gasteiger partial charge in [0.15, 0.2) is 0 Å². The number of amides is 1. The Morgan fingerprint density at radius 3 is 2.44 bits per heavy atom. The highest BCUT2D eigenvalue weighted by atomic mass is 35.5. The summed E-state index contributed by atoms with van der Waals surface area (Å²) in [6.07, 6.45) is 1.41. The molecule has 0 spiro atoms. The minimum atomic E-state index is -1.26. The fourth-order valence-corrected chi connectivity index (χ4v) is 5.55. The first kappa shape index (κ1) is 32.2. The van der Waals surface area contributed by atoms with E-state index in [0.29, 0.717) is 33.4 Å². The molecule has 5 aromatic rings. The summed E-state index contributed by atoms with van der Waals surface area (Å²) >= 11 is 0. The van der Waals surface area contributed by atoms with Gasteiger partial charge in [-0.2, -0.15) is 0 Å². The lowest BCUT2D eigenvalue weighted by molar-refractivity contribution is 0.0780. The lowest BCUT2D eigenvalue weighted by Crippen LogP contribution is -2.42. The Hall–Kier alpha value is -4.22. The Bertz CT molecular complexity index is 1850. The molecule has 1 saturated heterocycles. The molecule has 8 nitrogen and oxygen atoms in total. The van der Waals surface area contributed by atoms with Crippen molar-refractivity contribution in [3.05, 3.63) is 101 Å². The number of nitrogens with zero attached hydrogens (tertiary/aromatic N) is 3. The monoisotopic (exact) mass is 632 g/mol. The van der Waals surface area contributed by atoms with E-state index in [1.54, 1.807) is 6.92 Å². The molecular formula is C34H35ClF2N6O2. The minimum absolute atomic E-state index is 0. The van der Waals surface area contributed by atoms with E-state index in [9.17, 15) is 18.7 Å². The molecular weight excluding hydrogens is 598 g/mol. The molecule has 6 rings (SSSR count). The highest BCUT2D eigenvalue weighted by Gasteiger charge is 2.22. The van der Waals surface area contributed by atoms with Crippen LogP contribution in [0.2, 0.25) is 0 Å². The van der Waals surface area contributed by atoms with E-state index >= 15 is 0 Å². The highest BCUT2D eigenvalue weighted by molar-refractivity contribution is 6.06. The fraction of sp³-hybridized carbons (Fsp3) is 0.265. The van der Waals surface area contributed by atoms with E-state index in [-0.39, 0.29) is 23.7 Å². The number of H-pyrrole nitrogens is 1. The van der Waals surface area contributed by atoms with Crippen molar-refractivity contribution in [2.75, 3.05) is 31.5 Å². The molecule has 0 saturated carbocycles. The van der Waals surface area contributed by atoms with Crippen molar-refractivity contribution in [2.45, 2.75) is 32.9 Å². The normalized spacial score (nSPS) is 13.9. The maximum atomic E-state index is 15.0. The van der Waals surface area contributed by atoms with Gasteiger partial charge in [-0.15, -0.1) is 12.4 Å². The SMILES string of the molecule is Cc1c(NC(=O)c2ccc(C(C)(C)O)cc2F)cc(F)cc1-c1ncnc2[nH]c(-c3ccc(CN4CCNCC4)cc3)cc12.Cl. The Morgan fingerprint density at radius 1 is 1.02 bits per heavy atom. The van der Waals surface area contributed by atoms with Crippen molar-refractivity contribution in [3.8, 4) is 22.5 Å². The van der Waals surface area contributed by atoms with E-state index in [4.69, 9.17) is 0 Å². The molecule has 0 radical (unpaired) electrons. The zero-order valence-corrected chi connectivity index (χ0v) is 26.1. The number of carbonyl (C=O) groups is 1. The summed E-state index contributed by atoms with van der Waals surface area (Å²) in [5, 5.41) is 16.9. The number of anilines is 1. The Balaban J connectivity index is 0.00000400. The molecule has 1 aliphatic heterocycles. The second-order valence-corrected chi connectivity index (χ2v) is 11.7. The van der Waals surface area contributed by atoms with Crippen LogP contribution in [0.1, 0.15) is 40.9 Å². The number of carbonyl (C=O) groups excluding carboxylic acids is 1. The first-order valence-corrected chi connectivity index (χ1v) is 14.6. The number of halogens is 3. The molecule has 2 aromatic heterocycles. The van der Waals surface area contributed by atoms with Crippen molar-refractivity contribution < 1.29 is 18.7 Å².